The predicted octanol–water partition coefficient (Wildman–Crippen LogP) is 3.50. The normalized spacial score (nSPS) is 11.6. The highest BCUT2D eigenvalue weighted by Crippen LogP contribution is 2.21. The van der Waals surface area contributed by atoms with E-state index in [-0.39, 0.29) is 11.4 Å². The van der Waals surface area contributed by atoms with Crippen molar-refractivity contribution in [1.29, 1.82) is 0 Å². The van der Waals surface area contributed by atoms with Crippen molar-refractivity contribution in [2.45, 2.75) is 46.6 Å². The van der Waals surface area contributed by atoms with Crippen LogP contribution in [-0.2, 0) is 0 Å². The second-order valence-electron chi connectivity index (χ2n) is 4.99. The second kappa shape index (κ2) is 5.25. The fourth-order valence-electron chi connectivity index (χ4n) is 1.80. The third-order valence-corrected chi connectivity index (χ3v) is 3.36. The molecule has 17 heavy (non-hydrogen) atoms. The average molecular weight is 302 g/mol. The Kier molecular flexibility index (Phi) is 4.42. The van der Waals surface area contributed by atoms with Gasteiger partial charge in [0, 0.05) is 16.4 Å². The molecule has 0 aromatic carbocycles. The van der Waals surface area contributed by atoms with Gasteiger partial charge in [0.25, 0.3) is 5.91 Å². The molecule has 0 aliphatic rings. The molecule has 0 unspecified atom stereocenters. The molecule has 1 rings (SSSR count). The van der Waals surface area contributed by atoms with Crippen LogP contribution in [0, 0.1) is 20.8 Å². The smallest absolute Gasteiger partial charge is 0.255 e. The zero-order chi connectivity index (χ0) is 13.2. The van der Waals surface area contributed by atoms with Crippen molar-refractivity contribution in [2.75, 3.05) is 5.33 Å². The average Bonchev–Trinajstić information content (AvgIpc) is 2.39. The van der Waals surface area contributed by atoms with E-state index >= 15 is 0 Å². The van der Waals surface area contributed by atoms with Crippen LogP contribution in [0.1, 0.15) is 47.7 Å². The van der Waals surface area contributed by atoms with Crippen molar-refractivity contribution >= 4 is 21.8 Å². The van der Waals surface area contributed by atoms with Gasteiger partial charge in [-0.3, -0.25) is 4.79 Å². The van der Waals surface area contributed by atoms with Crippen molar-refractivity contribution in [2.24, 2.45) is 0 Å². The maximum absolute atomic E-state index is 12.2. The molecule has 1 N–H and O–H groups in total. The predicted molar refractivity (Wildman–Crippen MR) is 72.9 cm³/mol. The summed E-state index contributed by atoms with van der Waals surface area (Å²) in [6, 6.07) is 0. The van der Waals surface area contributed by atoms with E-state index in [1.54, 1.807) is 0 Å². The Bertz CT molecular complexity index is 421. The number of carbonyl (C=O) groups excluding carboxylic acids is 1. The quantitative estimate of drug-likeness (QED) is 0.865. The Morgan fingerprint density at radius 2 is 1.88 bits per heavy atom. The van der Waals surface area contributed by atoms with Gasteiger partial charge in [0.05, 0.1) is 5.56 Å². The first-order chi connectivity index (χ1) is 7.78. The van der Waals surface area contributed by atoms with E-state index in [2.05, 4.69) is 21.2 Å². The van der Waals surface area contributed by atoms with Crippen molar-refractivity contribution in [3.63, 3.8) is 0 Å². The SMILES string of the molecule is Cc1oc(C)c(C(=O)NC(C)(C)CCBr)c1C. The molecule has 3 nitrogen and oxygen atoms in total. The molecule has 0 aliphatic carbocycles. The lowest BCUT2D eigenvalue weighted by atomic mass is 10.0. The van der Waals surface area contributed by atoms with E-state index in [1.165, 1.54) is 0 Å². The number of aryl methyl sites for hydroxylation is 2. The van der Waals surface area contributed by atoms with Crippen LogP contribution in [-0.4, -0.2) is 16.8 Å². The highest BCUT2D eigenvalue weighted by Gasteiger charge is 2.24. The largest absolute Gasteiger partial charge is 0.466 e. The lowest BCUT2D eigenvalue weighted by Gasteiger charge is -2.25. The molecule has 0 bridgehead atoms. The van der Waals surface area contributed by atoms with Gasteiger partial charge >= 0.3 is 0 Å². The van der Waals surface area contributed by atoms with Crippen molar-refractivity contribution in [3.05, 3.63) is 22.6 Å². The molecule has 0 spiro atoms. The Hall–Kier alpha value is -0.770. The molecule has 0 atom stereocenters. The molecule has 0 radical (unpaired) electrons. The maximum Gasteiger partial charge on any atom is 0.255 e. The molecule has 1 aromatic heterocycles. The lowest BCUT2D eigenvalue weighted by Crippen LogP contribution is -2.44. The summed E-state index contributed by atoms with van der Waals surface area (Å²) in [5, 5.41) is 3.90. The summed E-state index contributed by atoms with van der Waals surface area (Å²) in [6.45, 7) is 9.65. The summed E-state index contributed by atoms with van der Waals surface area (Å²) in [5.41, 5.74) is 1.38. The van der Waals surface area contributed by atoms with E-state index in [0.29, 0.717) is 11.3 Å². The molecular weight excluding hydrogens is 282 g/mol. The van der Waals surface area contributed by atoms with Crippen molar-refractivity contribution in [3.8, 4) is 0 Å². The minimum atomic E-state index is -0.218. The number of hydrogen-bond donors (Lipinski definition) is 1. The molecule has 1 aromatic rings. The van der Waals surface area contributed by atoms with Gasteiger partial charge in [0.2, 0.25) is 0 Å². The third-order valence-electron chi connectivity index (χ3n) is 2.96. The first-order valence-corrected chi connectivity index (χ1v) is 6.85. The minimum absolute atomic E-state index is 0.0530. The van der Waals surface area contributed by atoms with Gasteiger partial charge in [-0.15, -0.1) is 0 Å². The number of alkyl halides is 1. The fraction of sp³-hybridized carbons (Fsp3) is 0.615. The lowest BCUT2D eigenvalue weighted by molar-refractivity contribution is 0.0910. The number of nitrogens with one attached hydrogen (secondary N) is 1. The number of furan rings is 1. The molecule has 0 aliphatic heterocycles. The molecule has 96 valence electrons. The first kappa shape index (κ1) is 14.3. The molecule has 0 fully saturated rings. The van der Waals surface area contributed by atoms with Crippen LogP contribution in [0.25, 0.3) is 0 Å². The molecule has 0 saturated carbocycles. The number of amides is 1. The van der Waals surface area contributed by atoms with E-state index < -0.39 is 0 Å². The second-order valence-corrected chi connectivity index (χ2v) is 5.78. The van der Waals surface area contributed by atoms with Crippen LogP contribution < -0.4 is 5.32 Å². The van der Waals surface area contributed by atoms with Gasteiger partial charge in [0.1, 0.15) is 11.5 Å². The summed E-state index contributed by atoms with van der Waals surface area (Å²) in [4.78, 5) is 12.2. The summed E-state index contributed by atoms with van der Waals surface area (Å²) in [5.74, 6) is 1.45. The Morgan fingerprint density at radius 1 is 1.29 bits per heavy atom. The summed E-state index contributed by atoms with van der Waals surface area (Å²) in [6.07, 6.45) is 0.883. The molecule has 4 heteroatoms. The fourth-order valence-corrected chi connectivity index (χ4v) is 2.79. The molecule has 0 saturated heterocycles. The minimum Gasteiger partial charge on any atom is -0.466 e. The van der Waals surface area contributed by atoms with Crippen molar-refractivity contribution < 1.29 is 9.21 Å². The van der Waals surface area contributed by atoms with E-state index in [1.807, 2.05) is 34.6 Å². The summed E-state index contributed by atoms with van der Waals surface area (Å²) in [7, 11) is 0. The zero-order valence-electron chi connectivity index (χ0n) is 11.1. The number of hydrogen-bond acceptors (Lipinski definition) is 2. The first-order valence-electron chi connectivity index (χ1n) is 5.73. The Labute approximate surface area is 111 Å². The van der Waals surface area contributed by atoms with Gasteiger partial charge in [-0.1, -0.05) is 15.9 Å². The summed E-state index contributed by atoms with van der Waals surface area (Å²) < 4.78 is 5.47. The van der Waals surface area contributed by atoms with Crippen LogP contribution in [0.3, 0.4) is 0 Å². The van der Waals surface area contributed by atoms with Gasteiger partial charge in [-0.05, 0) is 41.0 Å². The number of carbonyl (C=O) groups is 1. The highest BCUT2D eigenvalue weighted by atomic mass is 79.9. The maximum atomic E-state index is 12.2. The van der Waals surface area contributed by atoms with Gasteiger partial charge in [0.15, 0.2) is 0 Å². The zero-order valence-corrected chi connectivity index (χ0v) is 12.7. The van der Waals surface area contributed by atoms with Crippen LogP contribution in [0.2, 0.25) is 0 Å². The third kappa shape index (κ3) is 3.35. The molecular formula is C13H20BrNO2. The highest BCUT2D eigenvalue weighted by molar-refractivity contribution is 9.09. The molecule has 1 amide bonds. The topological polar surface area (TPSA) is 42.2 Å². The van der Waals surface area contributed by atoms with Crippen LogP contribution in [0.15, 0.2) is 4.42 Å². The Morgan fingerprint density at radius 3 is 2.29 bits per heavy atom. The Balaban J connectivity index is 2.91. The summed E-state index contributed by atoms with van der Waals surface area (Å²) >= 11 is 3.39. The van der Waals surface area contributed by atoms with Gasteiger partial charge in [-0.2, -0.15) is 0 Å². The standard InChI is InChI=1S/C13H20BrNO2/c1-8-9(2)17-10(3)11(8)12(16)15-13(4,5)6-7-14/h6-7H2,1-5H3,(H,15,16). The van der Waals surface area contributed by atoms with Crippen LogP contribution in [0.4, 0.5) is 0 Å². The van der Waals surface area contributed by atoms with E-state index in [0.717, 1.165) is 23.1 Å². The number of rotatable bonds is 4. The number of halogens is 1. The van der Waals surface area contributed by atoms with Gasteiger partial charge in [-0.25, -0.2) is 0 Å². The van der Waals surface area contributed by atoms with Crippen LogP contribution >= 0.6 is 15.9 Å². The van der Waals surface area contributed by atoms with E-state index in [9.17, 15) is 4.79 Å². The molecule has 1 heterocycles. The monoisotopic (exact) mass is 301 g/mol. The van der Waals surface area contributed by atoms with E-state index in [4.69, 9.17) is 4.42 Å². The van der Waals surface area contributed by atoms with Gasteiger partial charge < -0.3 is 9.73 Å². The van der Waals surface area contributed by atoms with Crippen LogP contribution in [0.5, 0.6) is 0 Å². The van der Waals surface area contributed by atoms with Crippen molar-refractivity contribution in [1.82, 2.24) is 5.32 Å².